The molecule has 1 fully saturated rings. The van der Waals surface area contributed by atoms with Gasteiger partial charge in [0.05, 0.1) is 5.56 Å². The van der Waals surface area contributed by atoms with E-state index in [4.69, 9.17) is 5.11 Å². The van der Waals surface area contributed by atoms with Crippen molar-refractivity contribution in [2.75, 3.05) is 6.54 Å². The van der Waals surface area contributed by atoms with Crippen LogP contribution in [0.25, 0.3) is 0 Å². The minimum atomic E-state index is -4.33. The van der Waals surface area contributed by atoms with Crippen molar-refractivity contribution in [3.8, 4) is 0 Å². The highest BCUT2D eigenvalue weighted by molar-refractivity contribution is 5.67. The zero-order valence-corrected chi connectivity index (χ0v) is 10.8. The first-order chi connectivity index (χ1) is 9.36. The third-order valence-electron chi connectivity index (χ3n) is 3.62. The van der Waals surface area contributed by atoms with Crippen molar-refractivity contribution in [1.29, 1.82) is 0 Å². The van der Waals surface area contributed by atoms with Gasteiger partial charge >= 0.3 is 12.1 Å². The van der Waals surface area contributed by atoms with Crippen molar-refractivity contribution in [2.24, 2.45) is 5.92 Å². The summed E-state index contributed by atoms with van der Waals surface area (Å²) in [5.41, 5.74) is 0.104. The van der Waals surface area contributed by atoms with Gasteiger partial charge in [-0.1, -0.05) is 12.1 Å². The molecule has 2 atom stereocenters. The Morgan fingerprint density at radius 1 is 1.30 bits per heavy atom. The van der Waals surface area contributed by atoms with Crippen LogP contribution in [0.15, 0.2) is 24.3 Å². The number of carboxylic acids is 1. The Morgan fingerprint density at radius 3 is 2.50 bits per heavy atom. The van der Waals surface area contributed by atoms with E-state index >= 15 is 0 Å². The van der Waals surface area contributed by atoms with Gasteiger partial charge in [-0.2, -0.15) is 13.2 Å². The molecule has 6 heteroatoms. The van der Waals surface area contributed by atoms with Gasteiger partial charge in [-0.15, -0.1) is 0 Å². The third kappa shape index (κ3) is 3.72. The summed E-state index contributed by atoms with van der Waals surface area (Å²) in [6, 6.07) is 4.98. The predicted molar refractivity (Wildman–Crippen MR) is 67.2 cm³/mol. The molecule has 20 heavy (non-hydrogen) atoms. The van der Waals surface area contributed by atoms with Gasteiger partial charge < -0.3 is 10.4 Å². The second kappa shape index (κ2) is 5.83. The Hall–Kier alpha value is -1.56. The molecule has 0 amide bonds. The maximum Gasteiger partial charge on any atom is 0.416 e. The van der Waals surface area contributed by atoms with Crippen LogP contribution in [0.3, 0.4) is 0 Å². The van der Waals surface area contributed by atoms with Crippen LogP contribution in [-0.2, 0) is 11.0 Å². The van der Waals surface area contributed by atoms with Gasteiger partial charge in [0.25, 0.3) is 0 Å². The normalized spacial score (nSPS) is 23.6. The summed E-state index contributed by atoms with van der Waals surface area (Å²) < 4.78 is 37.5. The van der Waals surface area contributed by atoms with Gasteiger partial charge in [-0.3, -0.25) is 4.79 Å². The molecule has 3 nitrogen and oxygen atoms in total. The highest BCUT2D eigenvalue weighted by Gasteiger charge is 2.31. The minimum Gasteiger partial charge on any atom is -0.481 e. The summed E-state index contributed by atoms with van der Waals surface area (Å²) in [5.74, 6) is -0.760. The molecular weight excluding hydrogens is 271 g/mol. The molecule has 0 radical (unpaired) electrons. The van der Waals surface area contributed by atoms with Crippen molar-refractivity contribution >= 4 is 5.97 Å². The zero-order chi connectivity index (χ0) is 14.8. The monoisotopic (exact) mass is 287 g/mol. The van der Waals surface area contributed by atoms with Crippen molar-refractivity contribution in [1.82, 2.24) is 5.32 Å². The molecular formula is C14H16F3NO2. The van der Waals surface area contributed by atoms with Crippen LogP contribution in [0.2, 0.25) is 0 Å². The van der Waals surface area contributed by atoms with Crippen molar-refractivity contribution in [3.05, 3.63) is 35.4 Å². The first-order valence-electron chi connectivity index (χ1n) is 6.48. The van der Waals surface area contributed by atoms with E-state index in [9.17, 15) is 18.0 Å². The van der Waals surface area contributed by atoms with Crippen LogP contribution in [-0.4, -0.2) is 17.6 Å². The molecule has 1 saturated heterocycles. The fourth-order valence-corrected chi connectivity index (χ4v) is 2.59. The Kier molecular flexibility index (Phi) is 4.32. The van der Waals surface area contributed by atoms with Crippen molar-refractivity contribution in [3.63, 3.8) is 0 Å². The van der Waals surface area contributed by atoms with E-state index in [0.29, 0.717) is 13.0 Å². The van der Waals surface area contributed by atoms with Gasteiger partial charge in [0.15, 0.2) is 0 Å². The third-order valence-corrected chi connectivity index (χ3v) is 3.62. The molecule has 0 aromatic heterocycles. The Labute approximate surface area is 114 Å². The molecule has 110 valence electrons. The van der Waals surface area contributed by atoms with Gasteiger partial charge in [-0.05, 0) is 43.0 Å². The Morgan fingerprint density at radius 2 is 1.95 bits per heavy atom. The summed E-state index contributed by atoms with van der Waals surface area (Å²) in [5, 5.41) is 12.0. The lowest BCUT2D eigenvalue weighted by atomic mass is 9.86. The fraction of sp³-hybridized carbons (Fsp3) is 0.500. The molecule has 2 N–H and O–H groups in total. The topological polar surface area (TPSA) is 49.3 Å². The number of rotatable bonds is 3. The number of carbonyl (C=O) groups is 1. The number of hydrogen-bond donors (Lipinski definition) is 2. The number of aliphatic carboxylic acids is 1. The van der Waals surface area contributed by atoms with E-state index in [-0.39, 0.29) is 18.4 Å². The number of alkyl halides is 3. The minimum absolute atomic E-state index is 0.0704. The average molecular weight is 287 g/mol. The molecule has 2 rings (SSSR count). The summed E-state index contributed by atoms with van der Waals surface area (Å²) in [4.78, 5) is 10.7. The van der Waals surface area contributed by atoms with E-state index in [2.05, 4.69) is 5.32 Å². The summed E-state index contributed by atoms with van der Waals surface area (Å²) >= 11 is 0. The lowest BCUT2D eigenvalue weighted by Crippen LogP contribution is -2.32. The van der Waals surface area contributed by atoms with E-state index in [1.807, 2.05) is 0 Å². The maximum absolute atomic E-state index is 12.5. The van der Waals surface area contributed by atoms with Crippen LogP contribution >= 0.6 is 0 Å². The molecule has 0 bridgehead atoms. The molecule has 1 aromatic carbocycles. The van der Waals surface area contributed by atoms with Crippen LogP contribution in [0.1, 0.15) is 36.4 Å². The molecule has 0 saturated carbocycles. The standard InChI is InChI=1S/C14H16F3NO2/c15-14(16,17)11-3-1-10(2-4-11)12-7-9(5-6-18-12)8-13(19)20/h1-4,9,12,18H,5-8H2,(H,19,20). The Balaban J connectivity index is 2.05. The first kappa shape index (κ1) is 14.8. The average Bonchev–Trinajstić information content (AvgIpc) is 2.37. The summed E-state index contributed by atoms with van der Waals surface area (Å²) in [6.07, 6.45) is -2.80. The van der Waals surface area contributed by atoms with Gasteiger partial charge in [-0.25, -0.2) is 0 Å². The number of carboxylic acid groups (broad SMARTS) is 1. The van der Waals surface area contributed by atoms with E-state index in [1.165, 1.54) is 12.1 Å². The Bertz CT molecular complexity index is 470. The van der Waals surface area contributed by atoms with Crippen LogP contribution in [0, 0.1) is 5.92 Å². The number of piperidine rings is 1. The van der Waals surface area contributed by atoms with Gasteiger partial charge in [0.2, 0.25) is 0 Å². The lowest BCUT2D eigenvalue weighted by Gasteiger charge is -2.30. The van der Waals surface area contributed by atoms with Crippen molar-refractivity contribution in [2.45, 2.75) is 31.5 Å². The van der Waals surface area contributed by atoms with E-state index < -0.39 is 17.7 Å². The van der Waals surface area contributed by atoms with Gasteiger partial charge in [0.1, 0.15) is 0 Å². The number of hydrogen-bond acceptors (Lipinski definition) is 2. The molecule has 1 aliphatic heterocycles. The maximum atomic E-state index is 12.5. The predicted octanol–water partition coefficient (Wildman–Crippen LogP) is 3.22. The van der Waals surface area contributed by atoms with Crippen molar-refractivity contribution < 1.29 is 23.1 Å². The molecule has 1 heterocycles. The van der Waals surface area contributed by atoms with Crippen LogP contribution < -0.4 is 5.32 Å². The summed E-state index contributed by atoms with van der Waals surface area (Å²) in [6.45, 7) is 0.684. The molecule has 0 aliphatic carbocycles. The number of halogens is 3. The fourth-order valence-electron chi connectivity index (χ4n) is 2.59. The quantitative estimate of drug-likeness (QED) is 0.897. The molecule has 2 unspecified atom stereocenters. The second-order valence-corrected chi connectivity index (χ2v) is 5.11. The van der Waals surface area contributed by atoms with Crippen LogP contribution in [0.5, 0.6) is 0 Å². The molecule has 0 spiro atoms. The molecule has 1 aliphatic rings. The SMILES string of the molecule is O=C(O)CC1CCNC(c2ccc(C(F)(F)F)cc2)C1. The van der Waals surface area contributed by atoms with E-state index in [1.54, 1.807) is 0 Å². The largest absolute Gasteiger partial charge is 0.481 e. The highest BCUT2D eigenvalue weighted by Crippen LogP contribution is 2.32. The second-order valence-electron chi connectivity index (χ2n) is 5.11. The van der Waals surface area contributed by atoms with Gasteiger partial charge in [0, 0.05) is 12.5 Å². The molecule has 1 aromatic rings. The lowest BCUT2D eigenvalue weighted by molar-refractivity contribution is -0.139. The highest BCUT2D eigenvalue weighted by atomic mass is 19.4. The van der Waals surface area contributed by atoms with E-state index in [0.717, 1.165) is 24.1 Å². The number of nitrogens with one attached hydrogen (secondary N) is 1. The first-order valence-corrected chi connectivity index (χ1v) is 6.48. The van der Waals surface area contributed by atoms with Crippen LogP contribution in [0.4, 0.5) is 13.2 Å². The summed E-state index contributed by atoms with van der Waals surface area (Å²) in [7, 11) is 0. The number of benzene rings is 1. The smallest absolute Gasteiger partial charge is 0.416 e. The zero-order valence-electron chi connectivity index (χ0n) is 10.8.